The van der Waals surface area contributed by atoms with Crippen LogP contribution in [0.1, 0.15) is 72.6 Å². The highest BCUT2D eigenvalue weighted by Crippen LogP contribution is 2.59. The summed E-state index contributed by atoms with van der Waals surface area (Å²) in [6.07, 6.45) is 8.38. The van der Waals surface area contributed by atoms with Crippen molar-refractivity contribution in [2.45, 2.75) is 78.2 Å². The summed E-state index contributed by atoms with van der Waals surface area (Å²) in [5.74, 6) is 3.15. The van der Waals surface area contributed by atoms with Crippen molar-refractivity contribution in [3.8, 4) is 0 Å². The average Bonchev–Trinajstić information content (AvgIpc) is 2.43. The lowest BCUT2D eigenvalue weighted by Crippen LogP contribution is -2.58. The highest BCUT2D eigenvalue weighted by molar-refractivity contribution is 5.76. The van der Waals surface area contributed by atoms with Gasteiger partial charge in [0.25, 0.3) is 0 Å². The summed E-state index contributed by atoms with van der Waals surface area (Å²) in [7, 11) is 0. The fourth-order valence-electron chi connectivity index (χ4n) is 5.15. The lowest BCUT2D eigenvalue weighted by Gasteiger charge is -2.59. The molecule has 4 rings (SSSR count). The van der Waals surface area contributed by atoms with Crippen molar-refractivity contribution in [3.63, 3.8) is 0 Å². The maximum atomic E-state index is 12.7. The normalized spacial score (nSPS) is 42.8. The summed E-state index contributed by atoms with van der Waals surface area (Å²) in [4.78, 5) is 12.7. The van der Waals surface area contributed by atoms with Crippen molar-refractivity contribution in [3.05, 3.63) is 0 Å². The Labute approximate surface area is 123 Å². The quantitative estimate of drug-likeness (QED) is 0.704. The van der Waals surface area contributed by atoms with Crippen LogP contribution in [0.25, 0.3) is 0 Å². The Balaban J connectivity index is 1.78. The van der Waals surface area contributed by atoms with E-state index in [1.165, 1.54) is 32.1 Å². The van der Waals surface area contributed by atoms with Crippen molar-refractivity contribution in [1.29, 1.82) is 0 Å². The van der Waals surface area contributed by atoms with E-state index in [0.717, 1.165) is 24.7 Å². The highest BCUT2D eigenvalue weighted by Gasteiger charge is 2.57. The minimum atomic E-state index is -0.294. The molecule has 0 N–H and O–H groups in total. The summed E-state index contributed by atoms with van der Waals surface area (Å²) < 4.78 is 6.22. The number of hydrogen-bond donors (Lipinski definition) is 0. The molecular formula is C18H30O2. The topological polar surface area (TPSA) is 26.3 Å². The fraction of sp³-hybridized carbons (Fsp3) is 0.944. The van der Waals surface area contributed by atoms with Crippen LogP contribution in [0, 0.1) is 29.1 Å². The van der Waals surface area contributed by atoms with Crippen LogP contribution in [0.4, 0.5) is 0 Å². The smallest absolute Gasteiger partial charge is 0.312 e. The second-order valence-corrected chi connectivity index (χ2v) is 8.15. The Bertz CT molecular complexity index is 366. The maximum Gasteiger partial charge on any atom is 0.312 e. The predicted octanol–water partition coefficient (Wildman–Crippen LogP) is 4.57. The summed E-state index contributed by atoms with van der Waals surface area (Å²) >= 11 is 0. The third kappa shape index (κ3) is 2.02. The van der Waals surface area contributed by atoms with Gasteiger partial charge in [-0.2, -0.15) is 0 Å². The lowest BCUT2D eigenvalue weighted by atomic mass is 9.50. The van der Waals surface area contributed by atoms with Gasteiger partial charge in [0, 0.05) is 0 Å². The van der Waals surface area contributed by atoms with Gasteiger partial charge in [-0.05, 0) is 82.5 Å². The van der Waals surface area contributed by atoms with Gasteiger partial charge < -0.3 is 4.74 Å². The molecule has 0 aromatic rings. The van der Waals surface area contributed by atoms with Gasteiger partial charge in [-0.15, -0.1) is 0 Å². The number of ether oxygens (including phenoxy) is 1. The summed E-state index contributed by atoms with van der Waals surface area (Å²) in [6.45, 7) is 8.51. The Hall–Kier alpha value is -0.530. The number of carbonyl (C=O) groups excluding carboxylic acids is 1. The molecule has 4 fully saturated rings. The molecule has 0 heterocycles. The van der Waals surface area contributed by atoms with Gasteiger partial charge in [0.2, 0.25) is 0 Å². The molecule has 0 radical (unpaired) electrons. The van der Waals surface area contributed by atoms with Crippen molar-refractivity contribution in [1.82, 2.24) is 0 Å². The third-order valence-electron chi connectivity index (χ3n) is 7.13. The van der Waals surface area contributed by atoms with Crippen molar-refractivity contribution in [2.75, 3.05) is 0 Å². The van der Waals surface area contributed by atoms with Gasteiger partial charge in [0.05, 0.1) is 5.41 Å². The molecule has 0 saturated heterocycles. The van der Waals surface area contributed by atoms with E-state index in [9.17, 15) is 4.79 Å². The van der Waals surface area contributed by atoms with Gasteiger partial charge in [-0.1, -0.05) is 13.8 Å². The zero-order valence-electron chi connectivity index (χ0n) is 13.6. The Morgan fingerprint density at radius 1 is 1.05 bits per heavy atom. The molecule has 0 aliphatic heterocycles. The minimum absolute atomic E-state index is 0.0532. The van der Waals surface area contributed by atoms with Crippen LogP contribution in [0.15, 0.2) is 0 Å². The maximum absolute atomic E-state index is 12.7. The average molecular weight is 278 g/mol. The Morgan fingerprint density at radius 2 is 1.50 bits per heavy atom. The molecule has 4 saturated carbocycles. The molecule has 4 aliphatic rings. The second-order valence-electron chi connectivity index (χ2n) is 8.15. The van der Waals surface area contributed by atoms with Gasteiger partial charge in [-0.3, -0.25) is 4.79 Å². The molecule has 4 aliphatic carbocycles. The van der Waals surface area contributed by atoms with E-state index in [0.29, 0.717) is 11.8 Å². The zero-order valence-corrected chi connectivity index (χ0v) is 13.6. The van der Waals surface area contributed by atoms with E-state index in [1.807, 2.05) is 0 Å². The standard InChI is InChI=1S/C18H30O2/c1-5-17(3,6-2)16(19)20-18(4)14-8-12-7-13(10-14)11-15(18)9-12/h12-15H,5-11H2,1-4H3. The van der Waals surface area contributed by atoms with Gasteiger partial charge in [0.15, 0.2) is 0 Å². The fourth-order valence-corrected chi connectivity index (χ4v) is 5.15. The molecule has 0 aromatic carbocycles. The summed E-state index contributed by atoms with van der Waals surface area (Å²) in [6, 6.07) is 0. The monoisotopic (exact) mass is 278 g/mol. The third-order valence-corrected chi connectivity index (χ3v) is 7.13. The van der Waals surface area contributed by atoms with Crippen molar-refractivity contribution < 1.29 is 9.53 Å². The van der Waals surface area contributed by atoms with Crippen LogP contribution in [0.2, 0.25) is 0 Å². The minimum Gasteiger partial charge on any atom is -0.458 e. The summed E-state index contributed by atoms with van der Waals surface area (Å²) in [5, 5.41) is 0. The largest absolute Gasteiger partial charge is 0.458 e. The molecule has 114 valence electrons. The molecule has 20 heavy (non-hydrogen) atoms. The van der Waals surface area contributed by atoms with Gasteiger partial charge in [0.1, 0.15) is 5.60 Å². The van der Waals surface area contributed by atoms with Crippen LogP contribution in [-0.4, -0.2) is 11.6 Å². The number of rotatable bonds is 4. The lowest BCUT2D eigenvalue weighted by molar-refractivity contribution is -0.212. The zero-order chi connectivity index (χ0) is 14.5. The molecule has 0 spiro atoms. The van der Waals surface area contributed by atoms with Gasteiger partial charge in [-0.25, -0.2) is 0 Å². The Kier molecular flexibility index (Phi) is 3.42. The molecule has 4 bridgehead atoms. The van der Waals surface area contributed by atoms with E-state index >= 15 is 0 Å². The van der Waals surface area contributed by atoms with Crippen LogP contribution >= 0.6 is 0 Å². The number of carbonyl (C=O) groups is 1. The number of hydrogen-bond acceptors (Lipinski definition) is 2. The number of esters is 1. The molecule has 0 aromatic heterocycles. The van der Waals surface area contributed by atoms with Crippen LogP contribution in [0.5, 0.6) is 0 Å². The van der Waals surface area contributed by atoms with Crippen LogP contribution in [-0.2, 0) is 9.53 Å². The first kappa shape index (κ1) is 14.4. The van der Waals surface area contributed by atoms with Crippen molar-refractivity contribution >= 4 is 5.97 Å². The molecular weight excluding hydrogens is 248 g/mol. The highest BCUT2D eigenvalue weighted by atomic mass is 16.6. The Morgan fingerprint density at radius 3 is 1.90 bits per heavy atom. The molecule has 0 unspecified atom stereocenters. The van der Waals surface area contributed by atoms with E-state index in [-0.39, 0.29) is 17.0 Å². The van der Waals surface area contributed by atoms with Crippen LogP contribution in [0.3, 0.4) is 0 Å². The predicted molar refractivity (Wildman–Crippen MR) is 80.2 cm³/mol. The molecule has 2 heteroatoms. The van der Waals surface area contributed by atoms with E-state index in [4.69, 9.17) is 4.74 Å². The van der Waals surface area contributed by atoms with E-state index < -0.39 is 0 Å². The van der Waals surface area contributed by atoms with E-state index in [2.05, 4.69) is 27.7 Å². The molecule has 0 atom stereocenters. The first-order valence-electron chi connectivity index (χ1n) is 8.64. The first-order chi connectivity index (χ1) is 9.41. The SMILES string of the molecule is CCC(C)(CC)C(=O)OC1(C)C2CC3CC(C2)CC1C3. The van der Waals surface area contributed by atoms with Crippen molar-refractivity contribution in [2.24, 2.45) is 29.1 Å². The molecule has 2 nitrogen and oxygen atoms in total. The van der Waals surface area contributed by atoms with E-state index in [1.54, 1.807) is 0 Å². The molecule has 0 amide bonds. The van der Waals surface area contributed by atoms with Crippen LogP contribution < -0.4 is 0 Å². The first-order valence-corrected chi connectivity index (χ1v) is 8.64. The second kappa shape index (κ2) is 4.74. The summed E-state index contributed by atoms with van der Waals surface area (Å²) in [5.41, 5.74) is -0.465. The van der Waals surface area contributed by atoms with Gasteiger partial charge >= 0.3 is 5.97 Å².